The first-order valence-corrected chi connectivity index (χ1v) is 8.06. The summed E-state index contributed by atoms with van der Waals surface area (Å²) in [5.41, 5.74) is 3.83. The Morgan fingerprint density at radius 1 is 1.00 bits per heavy atom. The van der Waals surface area contributed by atoms with Crippen molar-refractivity contribution in [3.8, 4) is 11.3 Å². The summed E-state index contributed by atoms with van der Waals surface area (Å²) in [7, 11) is 0. The number of imidazole rings is 1. The van der Waals surface area contributed by atoms with Gasteiger partial charge in [0.1, 0.15) is 17.5 Å². The van der Waals surface area contributed by atoms with Gasteiger partial charge >= 0.3 is 0 Å². The Morgan fingerprint density at radius 2 is 1.76 bits per heavy atom. The largest absolute Gasteiger partial charge is 0.312 e. The van der Waals surface area contributed by atoms with Gasteiger partial charge in [-0.25, -0.2) is 15.0 Å². The van der Waals surface area contributed by atoms with E-state index in [4.69, 9.17) is 0 Å². The zero-order chi connectivity index (χ0) is 14.2. The molecular formula is C16H15BrN4. The molecule has 1 fully saturated rings. The smallest absolute Gasteiger partial charge is 0.164 e. The summed E-state index contributed by atoms with van der Waals surface area (Å²) in [6, 6.07) is 8.71. The molecule has 0 radical (unpaired) electrons. The Labute approximate surface area is 131 Å². The van der Waals surface area contributed by atoms with Gasteiger partial charge in [0.2, 0.25) is 0 Å². The highest BCUT2D eigenvalue weighted by Crippen LogP contribution is 2.33. The molecule has 5 heteroatoms. The Kier molecular flexibility index (Phi) is 3.22. The second-order valence-electron chi connectivity index (χ2n) is 5.49. The summed E-state index contributed by atoms with van der Waals surface area (Å²) in [6.45, 7) is 0. The highest BCUT2D eigenvalue weighted by molar-refractivity contribution is 9.10. The average Bonchev–Trinajstić information content (AvgIpc) is 3.16. The van der Waals surface area contributed by atoms with E-state index in [1.807, 2.05) is 18.5 Å². The Morgan fingerprint density at radius 3 is 2.52 bits per heavy atom. The van der Waals surface area contributed by atoms with Crippen LogP contribution in [-0.4, -0.2) is 19.5 Å². The molecule has 0 atom stereocenters. The lowest BCUT2D eigenvalue weighted by Crippen LogP contribution is -2.04. The van der Waals surface area contributed by atoms with Gasteiger partial charge in [-0.1, -0.05) is 40.9 Å². The van der Waals surface area contributed by atoms with Crippen LogP contribution in [0.1, 0.15) is 31.7 Å². The van der Waals surface area contributed by atoms with Crippen molar-refractivity contribution in [2.24, 2.45) is 0 Å². The third kappa shape index (κ3) is 2.25. The van der Waals surface area contributed by atoms with E-state index in [1.165, 1.54) is 25.7 Å². The van der Waals surface area contributed by atoms with E-state index in [-0.39, 0.29) is 0 Å². The maximum absolute atomic E-state index is 4.59. The maximum Gasteiger partial charge on any atom is 0.164 e. The SMILES string of the molecule is Brc1ccc(-c2ncnc3c2ncn3C2CCCC2)cc1. The molecule has 1 saturated carbocycles. The molecular weight excluding hydrogens is 328 g/mol. The molecule has 0 aliphatic heterocycles. The van der Waals surface area contributed by atoms with E-state index in [0.29, 0.717) is 6.04 Å². The number of aromatic nitrogens is 4. The lowest BCUT2D eigenvalue weighted by Gasteiger charge is -2.11. The number of fused-ring (bicyclic) bond motifs is 1. The Balaban J connectivity index is 1.85. The number of rotatable bonds is 2. The summed E-state index contributed by atoms with van der Waals surface area (Å²) in [4.78, 5) is 13.5. The monoisotopic (exact) mass is 342 g/mol. The van der Waals surface area contributed by atoms with E-state index < -0.39 is 0 Å². The van der Waals surface area contributed by atoms with Gasteiger partial charge in [-0.15, -0.1) is 0 Å². The maximum atomic E-state index is 4.59. The molecule has 0 bridgehead atoms. The summed E-state index contributed by atoms with van der Waals surface area (Å²) in [6.07, 6.45) is 8.63. The first-order chi connectivity index (χ1) is 10.3. The van der Waals surface area contributed by atoms with E-state index in [0.717, 1.165) is 26.9 Å². The lowest BCUT2D eigenvalue weighted by atomic mass is 10.1. The van der Waals surface area contributed by atoms with Crippen LogP contribution in [0, 0.1) is 0 Å². The molecule has 0 N–H and O–H groups in total. The van der Waals surface area contributed by atoms with Crippen molar-refractivity contribution in [2.75, 3.05) is 0 Å². The summed E-state index contributed by atoms with van der Waals surface area (Å²) in [5.74, 6) is 0. The van der Waals surface area contributed by atoms with Crippen LogP contribution in [0.15, 0.2) is 41.4 Å². The van der Waals surface area contributed by atoms with Crippen LogP contribution in [0.2, 0.25) is 0 Å². The quantitative estimate of drug-likeness (QED) is 0.694. The van der Waals surface area contributed by atoms with Crippen LogP contribution in [0.4, 0.5) is 0 Å². The fourth-order valence-electron chi connectivity index (χ4n) is 3.12. The average molecular weight is 343 g/mol. The van der Waals surface area contributed by atoms with Crippen LogP contribution in [0.25, 0.3) is 22.4 Å². The molecule has 2 heterocycles. The van der Waals surface area contributed by atoms with Crippen molar-refractivity contribution in [3.05, 3.63) is 41.4 Å². The minimum atomic E-state index is 0.544. The van der Waals surface area contributed by atoms with Gasteiger partial charge in [-0.2, -0.15) is 0 Å². The molecule has 0 spiro atoms. The summed E-state index contributed by atoms with van der Waals surface area (Å²) >= 11 is 3.46. The Bertz CT molecular complexity index is 773. The highest BCUT2D eigenvalue weighted by Gasteiger charge is 2.20. The first-order valence-electron chi connectivity index (χ1n) is 7.26. The minimum Gasteiger partial charge on any atom is -0.312 e. The normalized spacial score (nSPS) is 15.9. The molecule has 3 aromatic rings. The molecule has 1 aliphatic carbocycles. The molecule has 0 saturated heterocycles. The molecule has 106 valence electrons. The molecule has 4 nitrogen and oxygen atoms in total. The van der Waals surface area contributed by atoms with Gasteiger partial charge in [0, 0.05) is 16.1 Å². The van der Waals surface area contributed by atoms with Crippen LogP contribution in [0.3, 0.4) is 0 Å². The predicted octanol–water partition coefficient (Wildman–Crippen LogP) is 4.37. The summed E-state index contributed by atoms with van der Waals surface area (Å²) in [5, 5.41) is 0. The Hall–Kier alpha value is -1.75. The van der Waals surface area contributed by atoms with Crippen molar-refractivity contribution >= 4 is 27.1 Å². The zero-order valence-electron chi connectivity index (χ0n) is 11.5. The van der Waals surface area contributed by atoms with Crippen LogP contribution < -0.4 is 0 Å². The van der Waals surface area contributed by atoms with Crippen LogP contribution in [0.5, 0.6) is 0 Å². The number of benzene rings is 1. The van der Waals surface area contributed by atoms with Crippen LogP contribution in [-0.2, 0) is 0 Å². The van der Waals surface area contributed by atoms with Crippen molar-refractivity contribution in [3.63, 3.8) is 0 Å². The fraction of sp³-hybridized carbons (Fsp3) is 0.312. The standard InChI is InChI=1S/C16H15BrN4/c17-12-7-5-11(6-8-12)14-15-16(19-9-18-14)21(10-20-15)13-3-1-2-4-13/h5-10,13H,1-4H2. The zero-order valence-corrected chi connectivity index (χ0v) is 13.1. The molecule has 4 rings (SSSR count). The third-order valence-electron chi connectivity index (χ3n) is 4.19. The van der Waals surface area contributed by atoms with Crippen molar-refractivity contribution in [2.45, 2.75) is 31.7 Å². The number of nitrogens with zero attached hydrogens (tertiary/aromatic N) is 4. The van der Waals surface area contributed by atoms with Gasteiger partial charge in [0.25, 0.3) is 0 Å². The van der Waals surface area contributed by atoms with Crippen LogP contribution >= 0.6 is 15.9 Å². The van der Waals surface area contributed by atoms with Crippen molar-refractivity contribution < 1.29 is 0 Å². The molecule has 1 aliphatic rings. The highest BCUT2D eigenvalue weighted by atomic mass is 79.9. The van der Waals surface area contributed by atoms with Gasteiger partial charge in [0.15, 0.2) is 5.65 Å². The van der Waals surface area contributed by atoms with Crippen molar-refractivity contribution in [1.82, 2.24) is 19.5 Å². The second kappa shape index (κ2) is 5.22. The molecule has 21 heavy (non-hydrogen) atoms. The van der Waals surface area contributed by atoms with E-state index in [9.17, 15) is 0 Å². The topological polar surface area (TPSA) is 43.6 Å². The third-order valence-corrected chi connectivity index (χ3v) is 4.72. The van der Waals surface area contributed by atoms with E-state index >= 15 is 0 Å². The molecule has 0 amide bonds. The summed E-state index contributed by atoms with van der Waals surface area (Å²) < 4.78 is 3.29. The fourth-order valence-corrected chi connectivity index (χ4v) is 3.38. The molecule has 0 unspecified atom stereocenters. The van der Waals surface area contributed by atoms with Gasteiger partial charge < -0.3 is 4.57 Å². The number of hydrogen-bond donors (Lipinski definition) is 0. The van der Waals surface area contributed by atoms with Gasteiger partial charge in [-0.05, 0) is 25.0 Å². The number of halogens is 1. The van der Waals surface area contributed by atoms with Gasteiger partial charge in [-0.3, -0.25) is 0 Å². The molecule has 1 aromatic carbocycles. The van der Waals surface area contributed by atoms with Gasteiger partial charge in [0.05, 0.1) is 6.33 Å². The van der Waals surface area contributed by atoms with E-state index in [1.54, 1.807) is 6.33 Å². The minimum absolute atomic E-state index is 0.544. The second-order valence-corrected chi connectivity index (χ2v) is 6.41. The lowest BCUT2D eigenvalue weighted by molar-refractivity contribution is 0.529. The first kappa shape index (κ1) is 13.0. The van der Waals surface area contributed by atoms with Crippen molar-refractivity contribution in [1.29, 1.82) is 0 Å². The molecule has 2 aromatic heterocycles. The predicted molar refractivity (Wildman–Crippen MR) is 86.0 cm³/mol. The number of hydrogen-bond acceptors (Lipinski definition) is 3. The van der Waals surface area contributed by atoms with E-state index in [2.05, 4.69) is 47.6 Å².